The van der Waals surface area contributed by atoms with Crippen LogP contribution in [0.15, 0.2) is 4.73 Å². The summed E-state index contributed by atoms with van der Waals surface area (Å²) in [5.41, 5.74) is 5.48. The zero-order valence-electron chi connectivity index (χ0n) is 9.41. The van der Waals surface area contributed by atoms with Gasteiger partial charge in [-0.1, -0.05) is 33.1 Å². The average Bonchev–Trinajstić information content (AvgIpc) is 2.44. The lowest BCUT2D eigenvalue weighted by molar-refractivity contribution is 0.489. The molecule has 1 aromatic heterocycles. The van der Waals surface area contributed by atoms with Gasteiger partial charge in [0.2, 0.25) is 5.95 Å². The Balaban J connectivity index is 2.17. The highest BCUT2D eigenvalue weighted by Crippen LogP contribution is 2.12. The second kappa shape index (κ2) is 6.10. The minimum Gasteiger partial charge on any atom is -0.366 e. The molecule has 0 spiro atoms. The monoisotopic (exact) mass is 274 g/mol. The molecule has 0 fully saturated rings. The minimum absolute atomic E-state index is 0.337. The van der Waals surface area contributed by atoms with Crippen LogP contribution in [-0.2, 0) is 6.54 Å². The number of nitrogens with zero attached hydrogens (tertiary/aromatic N) is 3. The zero-order chi connectivity index (χ0) is 11.3. The molecular formula is C10H19BrN4. The van der Waals surface area contributed by atoms with E-state index < -0.39 is 0 Å². The van der Waals surface area contributed by atoms with E-state index in [0.717, 1.165) is 23.6 Å². The predicted molar refractivity (Wildman–Crippen MR) is 65.4 cm³/mol. The molecule has 0 saturated carbocycles. The van der Waals surface area contributed by atoms with E-state index in [-0.39, 0.29) is 0 Å². The van der Waals surface area contributed by atoms with Crippen LogP contribution < -0.4 is 5.73 Å². The van der Waals surface area contributed by atoms with Crippen molar-refractivity contribution in [1.29, 1.82) is 0 Å². The number of hydrogen-bond acceptors (Lipinski definition) is 3. The quantitative estimate of drug-likeness (QED) is 0.812. The lowest BCUT2D eigenvalue weighted by Gasteiger charge is -2.04. The molecule has 0 aliphatic rings. The van der Waals surface area contributed by atoms with E-state index in [9.17, 15) is 0 Å². The topological polar surface area (TPSA) is 56.7 Å². The molecule has 0 radical (unpaired) electrons. The molecule has 1 rings (SSSR count). The molecule has 2 N–H and O–H groups in total. The first kappa shape index (κ1) is 12.5. The summed E-state index contributed by atoms with van der Waals surface area (Å²) in [4.78, 5) is 3.98. The van der Waals surface area contributed by atoms with Crippen molar-refractivity contribution < 1.29 is 0 Å². The largest absolute Gasteiger partial charge is 0.366 e. The van der Waals surface area contributed by atoms with Gasteiger partial charge in [0.1, 0.15) is 0 Å². The maximum atomic E-state index is 5.48. The summed E-state index contributed by atoms with van der Waals surface area (Å²) in [5, 5.41) is 4.08. The molecular weight excluding hydrogens is 256 g/mol. The highest BCUT2D eigenvalue weighted by molar-refractivity contribution is 9.10. The van der Waals surface area contributed by atoms with Crippen LogP contribution in [0.2, 0.25) is 0 Å². The summed E-state index contributed by atoms with van der Waals surface area (Å²) >= 11 is 3.32. The maximum Gasteiger partial charge on any atom is 0.240 e. The van der Waals surface area contributed by atoms with Crippen molar-refractivity contribution in [3.8, 4) is 0 Å². The summed E-state index contributed by atoms with van der Waals surface area (Å²) in [5.74, 6) is 1.14. The SMILES string of the molecule is CC(C)CCCCCn1nc(N)nc1Br. The second-order valence-corrected chi connectivity index (χ2v) is 4.91. The van der Waals surface area contributed by atoms with Crippen molar-refractivity contribution in [2.24, 2.45) is 5.92 Å². The van der Waals surface area contributed by atoms with Gasteiger partial charge in [-0.3, -0.25) is 0 Å². The number of anilines is 1. The van der Waals surface area contributed by atoms with Crippen molar-refractivity contribution in [2.45, 2.75) is 46.1 Å². The number of nitrogens with two attached hydrogens (primary N) is 1. The molecule has 1 aromatic rings. The molecule has 86 valence electrons. The van der Waals surface area contributed by atoms with E-state index in [4.69, 9.17) is 5.73 Å². The summed E-state index contributed by atoms with van der Waals surface area (Å²) in [7, 11) is 0. The number of unbranched alkanes of at least 4 members (excludes halogenated alkanes) is 2. The van der Waals surface area contributed by atoms with Gasteiger partial charge in [0.25, 0.3) is 0 Å². The molecule has 0 aliphatic carbocycles. The number of halogens is 1. The van der Waals surface area contributed by atoms with E-state index in [0.29, 0.717) is 5.95 Å². The van der Waals surface area contributed by atoms with Gasteiger partial charge in [-0.05, 0) is 28.3 Å². The van der Waals surface area contributed by atoms with Gasteiger partial charge in [0.15, 0.2) is 4.73 Å². The van der Waals surface area contributed by atoms with Crippen LogP contribution in [-0.4, -0.2) is 14.8 Å². The first-order valence-electron chi connectivity index (χ1n) is 5.45. The normalized spacial score (nSPS) is 11.2. The van der Waals surface area contributed by atoms with E-state index in [2.05, 4.69) is 39.9 Å². The van der Waals surface area contributed by atoms with Gasteiger partial charge in [0, 0.05) is 6.54 Å². The number of rotatable bonds is 6. The highest BCUT2D eigenvalue weighted by Gasteiger charge is 2.03. The van der Waals surface area contributed by atoms with Gasteiger partial charge in [-0.2, -0.15) is 4.98 Å². The zero-order valence-corrected chi connectivity index (χ0v) is 11.0. The fraction of sp³-hybridized carbons (Fsp3) is 0.800. The summed E-state index contributed by atoms with van der Waals surface area (Å²) in [6.45, 7) is 5.41. The lowest BCUT2D eigenvalue weighted by atomic mass is 10.1. The number of hydrogen-bond donors (Lipinski definition) is 1. The first-order chi connectivity index (χ1) is 7.09. The van der Waals surface area contributed by atoms with Crippen molar-refractivity contribution >= 4 is 21.9 Å². The molecule has 1 heterocycles. The third-order valence-electron chi connectivity index (χ3n) is 2.29. The van der Waals surface area contributed by atoms with Crippen LogP contribution in [0.4, 0.5) is 5.95 Å². The fourth-order valence-corrected chi connectivity index (χ4v) is 1.91. The molecule has 0 saturated heterocycles. The molecule has 0 aromatic carbocycles. The Morgan fingerprint density at radius 3 is 2.60 bits per heavy atom. The van der Waals surface area contributed by atoms with Crippen LogP contribution in [0.1, 0.15) is 39.5 Å². The van der Waals surface area contributed by atoms with E-state index in [1.54, 1.807) is 0 Å². The van der Waals surface area contributed by atoms with Crippen molar-refractivity contribution in [1.82, 2.24) is 14.8 Å². The Kier molecular flexibility index (Phi) is 5.08. The summed E-state index contributed by atoms with van der Waals surface area (Å²) in [6.07, 6.45) is 4.97. The van der Waals surface area contributed by atoms with Crippen molar-refractivity contribution in [3.05, 3.63) is 4.73 Å². The van der Waals surface area contributed by atoms with Crippen LogP contribution in [0.25, 0.3) is 0 Å². The van der Waals surface area contributed by atoms with Crippen LogP contribution >= 0.6 is 15.9 Å². The molecule has 5 heteroatoms. The van der Waals surface area contributed by atoms with Gasteiger partial charge in [-0.15, -0.1) is 5.10 Å². The van der Waals surface area contributed by atoms with Gasteiger partial charge < -0.3 is 5.73 Å². The number of nitrogen functional groups attached to an aromatic ring is 1. The van der Waals surface area contributed by atoms with Gasteiger partial charge >= 0.3 is 0 Å². The Labute approximate surface area is 99.4 Å². The average molecular weight is 275 g/mol. The smallest absolute Gasteiger partial charge is 0.240 e. The standard InChI is InChI=1S/C10H19BrN4/c1-8(2)6-4-3-5-7-15-9(11)13-10(12)14-15/h8H,3-7H2,1-2H3,(H2,12,14). The molecule has 4 nitrogen and oxygen atoms in total. The van der Waals surface area contributed by atoms with E-state index in [1.165, 1.54) is 19.3 Å². The molecule has 0 unspecified atom stereocenters. The third kappa shape index (κ3) is 4.64. The summed E-state index contributed by atoms with van der Waals surface area (Å²) in [6, 6.07) is 0. The predicted octanol–water partition coefficient (Wildman–Crippen LogP) is 2.84. The minimum atomic E-state index is 0.337. The van der Waals surface area contributed by atoms with Crippen LogP contribution in [0, 0.1) is 5.92 Å². The maximum absolute atomic E-state index is 5.48. The van der Waals surface area contributed by atoms with E-state index >= 15 is 0 Å². The Hall–Kier alpha value is -0.580. The Bertz CT molecular complexity index is 296. The lowest BCUT2D eigenvalue weighted by Crippen LogP contribution is -2.01. The fourth-order valence-electron chi connectivity index (χ4n) is 1.47. The van der Waals surface area contributed by atoms with Gasteiger partial charge in [-0.25, -0.2) is 4.68 Å². The van der Waals surface area contributed by atoms with Crippen molar-refractivity contribution in [3.63, 3.8) is 0 Å². The molecule has 0 aliphatic heterocycles. The summed E-state index contributed by atoms with van der Waals surface area (Å²) < 4.78 is 2.54. The second-order valence-electron chi connectivity index (χ2n) is 4.21. The van der Waals surface area contributed by atoms with Gasteiger partial charge in [0.05, 0.1) is 0 Å². The van der Waals surface area contributed by atoms with Crippen LogP contribution in [0.3, 0.4) is 0 Å². The highest BCUT2D eigenvalue weighted by atomic mass is 79.9. The molecule has 15 heavy (non-hydrogen) atoms. The Morgan fingerprint density at radius 2 is 2.07 bits per heavy atom. The molecule has 0 amide bonds. The van der Waals surface area contributed by atoms with Crippen molar-refractivity contribution in [2.75, 3.05) is 5.73 Å². The third-order valence-corrected chi connectivity index (χ3v) is 2.88. The van der Waals surface area contributed by atoms with E-state index in [1.807, 2.05) is 4.68 Å². The number of aromatic nitrogens is 3. The number of aryl methyl sites for hydroxylation is 1. The molecule has 0 atom stereocenters. The van der Waals surface area contributed by atoms with Crippen LogP contribution in [0.5, 0.6) is 0 Å². The first-order valence-corrected chi connectivity index (χ1v) is 6.24. The molecule has 0 bridgehead atoms. The Morgan fingerprint density at radius 1 is 1.33 bits per heavy atom.